The Morgan fingerprint density at radius 3 is 2.77 bits per heavy atom. The molecule has 1 aliphatic rings. The fraction of sp³-hybridized carbons (Fsp3) is 0.231. The fourth-order valence-corrected chi connectivity index (χ4v) is 4.41. The molecule has 8 nitrogen and oxygen atoms in total. The monoisotopic (exact) mass is 487 g/mol. The van der Waals surface area contributed by atoms with Gasteiger partial charge in [0, 0.05) is 41.7 Å². The maximum Gasteiger partial charge on any atom is 0.257 e. The lowest BCUT2D eigenvalue weighted by Gasteiger charge is -2.15. The van der Waals surface area contributed by atoms with Gasteiger partial charge in [-0.15, -0.1) is 28.1 Å². The molecular weight excluding hydrogens is 462 g/mol. The summed E-state index contributed by atoms with van der Waals surface area (Å²) in [6.07, 6.45) is 7.39. The largest absolute Gasteiger partial charge is 0.493 e. The van der Waals surface area contributed by atoms with Crippen LogP contribution >= 0.6 is 11.3 Å². The number of carbonyl (C=O) groups excluding carboxylic acids is 1. The predicted octanol–water partition coefficient (Wildman–Crippen LogP) is 5.74. The maximum atomic E-state index is 12.8. The van der Waals surface area contributed by atoms with Crippen LogP contribution in [-0.2, 0) is 13.0 Å². The summed E-state index contributed by atoms with van der Waals surface area (Å²) in [6, 6.07) is 12.9. The highest BCUT2D eigenvalue weighted by molar-refractivity contribution is 7.13. The number of rotatable bonds is 9. The van der Waals surface area contributed by atoms with E-state index in [2.05, 4.69) is 31.6 Å². The van der Waals surface area contributed by atoms with Crippen molar-refractivity contribution in [3.63, 3.8) is 0 Å². The number of anilines is 1. The molecule has 0 saturated heterocycles. The third kappa shape index (κ3) is 5.41. The molecule has 9 heteroatoms. The third-order valence-corrected chi connectivity index (χ3v) is 6.28. The van der Waals surface area contributed by atoms with Crippen LogP contribution in [0.25, 0.3) is 11.4 Å². The molecule has 35 heavy (non-hydrogen) atoms. The van der Waals surface area contributed by atoms with Crippen molar-refractivity contribution in [1.82, 2.24) is 19.7 Å². The zero-order valence-electron chi connectivity index (χ0n) is 19.1. The van der Waals surface area contributed by atoms with Crippen molar-refractivity contribution in [1.29, 1.82) is 0 Å². The van der Waals surface area contributed by atoms with Crippen LogP contribution in [0, 0.1) is 0 Å². The first-order valence-electron chi connectivity index (χ1n) is 11.5. The lowest BCUT2D eigenvalue weighted by atomic mass is 10.1. The van der Waals surface area contributed by atoms with Crippen LogP contribution in [0.15, 0.2) is 66.7 Å². The molecule has 0 aliphatic carbocycles. The van der Waals surface area contributed by atoms with Gasteiger partial charge in [-0.3, -0.25) is 10.1 Å². The van der Waals surface area contributed by atoms with Gasteiger partial charge in [0.2, 0.25) is 0 Å². The van der Waals surface area contributed by atoms with Crippen molar-refractivity contribution >= 4 is 22.4 Å². The number of amides is 1. The van der Waals surface area contributed by atoms with Crippen molar-refractivity contribution in [2.24, 2.45) is 0 Å². The number of carbonyl (C=O) groups is 1. The molecule has 0 radical (unpaired) electrons. The normalized spacial score (nSPS) is 12.6. The number of hydrogen-bond donors (Lipinski definition) is 1. The molecule has 1 aliphatic heterocycles. The number of benzene rings is 2. The van der Waals surface area contributed by atoms with E-state index < -0.39 is 0 Å². The van der Waals surface area contributed by atoms with Crippen molar-refractivity contribution < 1.29 is 14.3 Å². The number of nitrogens with one attached hydrogen (secondary N) is 1. The number of aryl methyl sites for hydroxylation is 1. The Kier molecular flexibility index (Phi) is 6.85. The van der Waals surface area contributed by atoms with Gasteiger partial charge < -0.3 is 14.0 Å². The quantitative estimate of drug-likeness (QED) is 0.239. The van der Waals surface area contributed by atoms with E-state index in [1.807, 2.05) is 24.3 Å². The lowest BCUT2D eigenvalue weighted by Crippen LogP contribution is -2.12. The number of hydrogen-bond acceptors (Lipinski definition) is 7. The predicted molar refractivity (Wildman–Crippen MR) is 135 cm³/mol. The highest BCUT2D eigenvalue weighted by Gasteiger charge is 2.17. The molecular formula is C26H25N5O3S. The van der Waals surface area contributed by atoms with Gasteiger partial charge in [-0.25, -0.2) is 4.98 Å². The Morgan fingerprint density at radius 1 is 1.11 bits per heavy atom. The first kappa shape index (κ1) is 22.8. The van der Waals surface area contributed by atoms with Crippen molar-refractivity contribution in [3.8, 4) is 28.6 Å². The summed E-state index contributed by atoms with van der Waals surface area (Å²) in [6.45, 7) is 5.12. The number of thiazole rings is 1. The molecule has 0 fully saturated rings. The third-order valence-electron chi connectivity index (χ3n) is 5.59. The summed E-state index contributed by atoms with van der Waals surface area (Å²) < 4.78 is 14.1. The second-order valence-corrected chi connectivity index (χ2v) is 8.98. The molecule has 4 aromatic rings. The fourth-order valence-electron chi connectivity index (χ4n) is 3.89. The summed E-state index contributed by atoms with van der Waals surface area (Å²) in [5.74, 6) is 3.32. The molecule has 2 aromatic carbocycles. The molecule has 1 amide bonds. The number of aromatic nitrogens is 4. The van der Waals surface area contributed by atoms with E-state index in [1.54, 1.807) is 35.9 Å². The summed E-state index contributed by atoms with van der Waals surface area (Å²) in [7, 11) is 0. The standard InChI is InChI=1S/C26H25N5O3S/c1-2-3-13-33-21-15-19(25(32)28-26-27-11-14-35-26)16-22(17-21)34-20-9-7-18(8-10-20)24-30-29-23-6-4-5-12-31(23)24/h2,7-11,14-17H,1,3-6,12-13H2,(H,27,28,32). The van der Waals surface area contributed by atoms with Crippen LogP contribution in [0.4, 0.5) is 5.13 Å². The van der Waals surface area contributed by atoms with Gasteiger partial charge >= 0.3 is 0 Å². The van der Waals surface area contributed by atoms with Gasteiger partial charge in [-0.05, 0) is 55.7 Å². The van der Waals surface area contributed by atoms with Crippen LogP contribution in [-0.4, -0.2) is 32.3 Å². The highest BCUT2D eigenvalue weighted by atomic mass is 32.1. The summed E-state index contributed by atoms with van der Waals surface area (Å²) in [4.78, 5) is 16.9. The molecule has 5 rings (SSSR count). The molecule has 178 valence electrons. The van der Waals surface area contributed by atoms with Crippen LogP contribution in [0.3, 0.4) is 0 Å². The van der Waals surface area contributed by atoms with E-state index in [1.165, 1.54) is 11.3 Å². The Bertz CT molecular complexity index is 1320. The van der Waals surface area contributed by atoms with E-state index in [4.69, 9.17) is 9.47 Å². The zero-order chi connectivity index (χ0) is 24.0. The summed E-state index contributed by atoms with van der Waals surface area (Å²) >= 11 is 1.35. The smallest absolute Gasteiger partial charge is 0.257 e. The minimum Gasteiger partial charge on any atom is -0.493 e. The average molecular weight is 488 g/mol. The second-order valence-electron chi connectivity index (χ2n) is 8.09. The minimum absolute atomic E-state index is 0.286. The summed E-state index contributed by atoms with van der Waals surface area (Å²) in [5, 5.41) is 13.9. The molecule has 0 unspecified atom stereocenters. The minimum atomic E-state index is -0.286. The van der Waals surface area contributed by atoms with Crippen molar-refractivity contribution in [2.75, 3.05) is 11.9 Å². The molecule has 0 saturated carbocycles. The Hall–Kier alpha value is -3.98. The maximum absolute atomic E-state index is 12.8. The zero-order valence-corrected chi connectivity index (χ0v) is 20.0. The van der Waals surface area contributed by atoms with Gasteiger partial charge in [0.05, 0.1) is 6.61 Å². The molecule has 1 N–H and O–H groups in total. The van der Waals surface area contributed by atoms with Crippen molar-refractivity contribution in [2.45, 2.75) is 32.2 Å². The topological polar surface area (TPSA) is 91.2 Å². The van der Waals surface area contributed by atoms with Crippen molar-refractivity contribution in [3.05, 3.63) is 78.1 Å². The number of nitrogens with zero attached hydrogens (tertiary/aromatic N) is 4. The van der Waals surface area contributed by atoms with Gasteiger partial charge in [0.25, 0.3) is 5.91 Å². The second kappa shape index (κ2) is 10.5. The summed E-state index contributed by atoms with van der Waals surface area (Å²) in [5.41, 5.74) is 1.40. The molecule has 0 spiro atoms. The Labute approximate surface area is 207 Å². The van der Waals surface area contributed by atoms with E-state index in [0.717, 1.165) is 43.0 Å². The van der Waals surface area contributed by atoms with Crippen LogP contribution in [0.5, 0.6) is 17.2 Å². The van der Waals surface area contributed by atoms with Gasteiger partial charge in [0.15, 0.2) is 11.0 Å². The number of ether oxygens (including phenoxy) is 2. The van der Waals surface area contributed by atoms with Gasteiger partial charge in [0.1, 0.15) is 23.1 Å². The SMILES string of the molecule is C=CCCOc1cc(Oc2ccc(-c3nnc4n3CCCC4)cc2)cc(C(=O)Nc2nccs2)c1. The number of fused-ring (bicyclic) bond motifs is 1. The van der Waals surface area contributed by atoms with Gasteiger partial charge in [-0.2, -0.15) is 0 Å². The lowest BCUT2D eigenvalue weighted by molar-refractivity contribution is 0.102. The molecule has 3 heterocycles. The molecule has 0 atom stereocenters. The highest BCUT2D eigenvalue weighted by Crippen LogP contribution is 2.30. The van der Waals surface area contributed by atoms with Crippen LogP contribution < -0.4 is 14.8 Å². The molecule has 2 aromatic heterocycles. The molecule has 0 bridgehead atoms. The van der Waals surface area contributed by atoms with Crippen LogP contribution in [0.2, 0.25) is 0 Å². The first-order chi connectivity index (χ1) is 17.2. The Morgan fingerprint density at radius 2 is 1.97 bits per heavy atom. The van der Waals surface area contributed by atoms with Crippen LogP contribution in [0.1, 0.15) is 35.4 Å². The van der Waals surface area contributed by atoms with E-state index >= 15 is 0 Å². The first-order valence-corrected chi connectivity index (χ1v) is 12.4. The van der Waals surface area contributed by atoms with E-state index in [-0.39, 0.29) is 5.91 Å². The van der Waals surface area contributed by atoms with Gasteiger partial charge in [-0.1, -0.05) is 6.08 Å². The average Bonchev–Trinajstić information content (AvgIpc) is 3.55. The van der Waals surface area contributed by atoms with E-state index in [0.29, 0.717) is 41.0 Å². The van der Waals surface area contributed by atoms with E-state index in [9.17, 15) is 4.79 Å². The Balaban J connectivity index is 1.36.